The summed E-state index contributed by atoms with van der Waals surface area (Å²) < 4.78 is 1.48. The smallest absolute Gasteiger partial charge is 0.275 e. The van der Waals surface area contributed by atoms with Crippen LogP contribution in [0.25, 0.3) is 4.96 Å². The summed E-state index contributed by atoms with van der Waals surface area (Å²) in [5, 5.41) is 6.42. The van der Waals surface area contributed by atoms with Crippen LogP contribution in [-0.2, 0) is 19.6 Å². The minimum absolute atomic E-state index is 0.0977. The fourth-order valence-electron chi connectivity index (χ4n) is 4.55. The quantitative estimate of drug-likeness (QED) is 0.324. The zero-order valence-electron chi connectivity index (χ0n) is 18.5. The standard InChI is InChI=1S/C26H27ClN4OS/c27-22-13-11-20(12-14-22)17-30(16-19-7-3-1-4-8-19)18-23-15-24(32)31-26(28-23)33-25(29-31)21-9-5-2-6-10-21/h1,3-4,7-8,11-15,21H,2,5-6,9-10,16-18H2. The molecule has 0 atom stereocenters. The summed E-state index contributed by atoms with van der Waals surface area (Å²) in [6, 6.07) is 19.9. The van der Waals surface area contributed by atoms with Gasteiger partial charge in [0.2, 0.25) is 4.96 Å². The molecule has 33 heavy (non-hydrogen) atoms. The highest BCUT2D eigenvalue weighted by Crippen LogP contribution is 2.34. The third kappa shape index (κ3) is 5.52. The van der Waals surface area contributed by atoms with Gasteiger partial charge >= 0.3 is 0 Å². The van der Waals surface area contributed by atoms with Gasteiger partial charge in [-0.3, -0.25) is 9.69 Å². The molecule has 1 aliphatic rings. The number of aromatic nitrogens is 3. The summed E-state index contributed by atoms with van der Waals surface area (Å²) >= 11 is 7.65. The van der Waals surface area contributed by atoms with E-state index in [0.29, 0.717) is 17.4 Å². The van der Waals surface area contributed by atoms with Gasteiger partial charge in [-0.15, -0.1) is 0 Å². The number of fused-ring (bicyclic) bond motifs is 1. The Kier molecular flexibility index (Phi) is 6.85. The van der Waals surface area contributed by atoms with Crippen LogP contribution in [0.4, 0.5) is 0 Å². The molecule has 2 aromatic heterocycles. The van der Waals surface area contributed by atoms with Crippen LogP contribution < -0.4 is 5.56 Å². The van der Waals surface area contributed by atoms with E-state index in [0.717, 1.165) is 41.7 Å². The van der Waals surface area contributed by atoms with E-state index < -0.39 is 0 Å². The van der Waals surface area contributed by atoms with Crippen LogP contribution in [0.1, 0.15) is 59.9 Å². The summed E-state index contributed by atoms with van der Waals surface area (Å²) in [4.78, 5) is 20.7. The van der Waals surface area contributed by atoms with Crippen molar-refractivity contribution in [1.82, 2.24) is 19.5 Å². The van der Waals surface area contributed by atoms with Gasteiger partial charge in [-0.1, -0.05) is 84.7 Å². The van der Waals surface area contributed by atoms with Crippen molar-refractivity contribution in [3.8, 4) is 0 Å². The Balaban J connectivity index is 1.41. The highest BCUT2D eigenvalue weighted by Gasteiger charge is 2.21. The molecular formula is C26H27ClN4OS. The van der Waals surface area contributed by atoms with E-state index in [9.17, 15) is 4.79 Å². The fourth-order valence-corrected chi connectivity index (χ4v) is 5.77. The monoisotopic (exact) mass is 478 g/mol. The van der Waals surface area contributed by atoms with Crippen LogP contribution >= 0.6 is 22.9 Å². The van der Waals surface area contributed by atoms with Crippen LogP contribution in [0.2, 0.25) is 5.02 Å². The normalized spacial score (nSPS) is 14.8. The van der Waals surface area contributed by atoms with Crippen molar-refractivity contribution in [3.05, 3.63) is 97.9 Å². The average molecular weight is 479 g/mol. The van der Waals surface area contributed by atoms with Gasteiger partial charge in [0, 0.05) is 36.6 Å². The largest absolute Gasteiger partial charge is 0.289 e. The number of halogens is 1. The van der Waals surface area contributed by atoms with E-state index in [-0.39, 0.29) is 5.56 Å². The first kappa shape index (κ1) is 22.3. The lowest BCUT2D eigenvalue weighted by Gasteiger charge is -2.22. The van der Waals surface area contributed by atoms with Crippen molar-refractivity contribution in [2.45, 2.75) is 57.7 Å². The molecule has 0 spiro atoms. The van der Waals surface area contributed by atoms with E-state index >= 15 is 0 Å². The molecule has 0 unspecified atom stereocenters. The van der Waals surface area contributed by atoms with Crippen LogP contribution in [0.5, 0.6) is 0 Å². The number of hydrogen-bond acceptors (Lipinski definition) is 5. The molecule has 0 radical (unpaired) electrons. The maximum atomic E-state index is 12.9. The number of benzene rings is 2. The zero-order chi connectivity index (χ0) is 22.6. The molecule has 2 aromatic carbocycles. The average Bonchev–Trinajstić information content (AvgIpc) is 3.27. The van der Waals surface area contributed by atoms with E-state index in [1.54, 1.807) is 17.4 Å². The summed E-state index contributed by atoms with van der Waals surface area (Å²) in [7, 11) is 0. The second-order valence-electron chi connectivity index (χ2n) is 8.81. The van der Waals surface area contributed by atoms with Gasteiger partial charge in [-0.05, 0) is 36.1 Å². The van der Waals surface area contributed by atoms with Gasteiger partial charge in [-0.2, -0.15) is 9.61 Å². The van der Waals surface area contributed by atoms with Gasteiger partial charge < -0.3 is 0 Å². The molecule has 5 nitrogen and oxygen atoms in total. The van der Waals surface area contributed by atoms with Gasteiger partial charge in [0.1, 0.15) is 5.01 Å². The van der Waals surface area contributed by atoms with Crippen LogP contribution in [0.3, 0.4) is 0 Å². The zero-order valence-corrected chi connectivity index (χ0v) is 20.1. The molecule has 1 aliphatic carbocycles. The lowest BCUT2D eigenvalue weighted by Crippen LogP contribution is -2.25. The predicted molar refractivity (Wildman–Crippen MR) is 134 cm³/mol. The molecule has 0 aliphatic heterocycles. The molecule has 1 saturated carbocycles. The first-order valence-electron chi connectivity index (χ1n) is 11.5. The van der Waals surface area contributed by atoms with Gasteiger partial charge in [0.15, 0.2) is 0 Å². The first-order valence-corrected chi connectivity index (χ1v) is 12.7. The van der Waals surface area contributed by atoms with Crippen molar-refractivity contribution < 1.29 is 0 Å². The minimum Gasteiger partial charge on any atom is -0.289 e. The third-order valence-electron chi connectivity index (χ3n) is 6.22. The molecular weight excluding hydrogens is 452 g/mol. The SMILES string of the molecule is O=c1cc(CN(Cc2ccccc2)Cc2ccc(Cl)cc2)nc2sc(C3CCCCC3)nn12. The third-order valence-corrected chi connectivity index (χ3v) is 7.55. The number of nitrogens with zero attached hydrogens (tertiary/aromatic N) is 4. The van der Waals surface area contributed by atoms with E-state index in [1.807, 2.05) is 30.3 Å². The topological polar surface area (TPSA) is 50.5 Å². The second kappa shape index (κ2) is 10.2. The highest BCUT2D eigenvalue weighted by atomic mass is 35.5. The molecule has 2 heterocycles. The van der Waals surface area contributed by atoms with Crippen LogP contribution in [0, 0.1) is 0 Å². The van der Waals surface area contributed by atoms with Crippen molar-refractivity contribution >= 4 is 27.9 Å². The van der Waals surface area contributed by atoms with Gasteiger partial charge in [0.05, 0.1) is 5.69 Å². The van der Waals surface area contributed by atoms with Crippen molar-refractivity contribution in [2.75, 3.05) is 0 Å². The minimum atomic E-state index is -0.0977. The predicted octanol–water partition coefficient (Wildman–Crippen LogP) is 6.05. The van der Waals surface area contributed by atoms with Crippen molar-refractivity contribution in [2.24, 2.45) is 0 Å². The molecule has 1 fully saturated rings. The Morgan fingerprint density at radius 2 is 1.64 bits per heavy atom. The lowest BCUT2D eigenvalue weighted by molar-refractivity contribution is 0.244. The molecule has 7 heteroatoms. The maximum Gasteiger partial charge on any atom is 0.275 e. The summed E-state index contributed by atoms with van der Waals surface area (Å²) in [5.41, 5.74) is 3.08. The number of rotatable bonds is 7. The Labute approximate surface area is 202 Å². The Morgan fingerprint density at radius 1 is 0.939 bits per heavy atom. The van der Waals surface area contributed by atoms with Crippen molar-refractivity contribution in [3.63, 3.8) is 0 Å². The number of hydrogen-bond donors (Lipinski definition) is 0. The fraction of sp³-hybridized carbons (Fsp3) is 0.346. The van der Waals surface area contributed by atoms with E-state index in [4.69, 9.17) is 16.6 Å². The summed E-state index contributed by atoms with van der Waals surface area (Å²) in [6.45, 7) is 2.09. The Hall–Kier alpha value is -2.54. The summed E-state index contributed by atoms with van der Waals surface area (Å²) in [6.07, 6.45) is 6.11. The van der Waals surface area contributed by atoms with Crippen LogP contribution in [0.15, 0.2) is 65.5 Å². The molecule has 5 rings (SSSR count). The van der Waals surface area contributed by atoms with Crippen molar-refractivity contribution in [1.29, 1.82) is 0 Å². The molecule has 0 N–H and O–H groups in total. The van der Waals surface area contributed by atoms with Gasteiger partial charge in [0.25, 0.3) is 5.56 Å². The molecule has 0 bridgehead atoms. The van der Waals surface area contributed by atoms with Crippen LogP contribution in [-0.4, -0.2) is 19.5 Å². The van der Waals surface area contributed by atoms with Gasteiger partial charge in [-0.25, -0.2) is 4.98 Å². The maximum absolute atomic E-state index is 12.9. The first-order chi connectivity index (χ1) is 16.1. The van der Waals surface area contributed by atoms with E-state index in [2.05, 4.69) is 34.3 Å². The molecule has 4 aromatic rings. The molecule has 170 valence electrons. The Morgan fingerprint density at radius 3 is 2.36 bits per heavy atom. The second-order valence-corrected chi connectivity index (χ2v) is 10.2. The summed E-state index contributed by atoms with van der Waals surface area (Å²) in [5.74, 6) is 0.466. The molecule has 0 saturated heterocycles. The highest BCUT2D eigenvalue weighted by molar-refractivity contribution is 7.16. The Bertz CT molecular complexity index is 1260. The lowest BCUT2D eigenvalue weighted by atomic mass is 9.90. The molecule has 0 amide bonds. The van der Waals surface area contributed by atoms with E-state index in [1.165, 1.54) is 34.9 Å².